The number of esters is 2. The van der Waals surface area contributed by atoms with Crippen LogP contribution in [0.4, 0.5) is 0 Å². The van der Waals surface area contributed by atoms with Crippen molar-refractivity contribution in [2.45, 2.75) is 87.7 Å². The van der Waals surface area contributed by atoms with Gasteiger partial charge >= 0.3 is 11.9 Å². The minimum absolute atomic E-state index is 0.0726. The number of carbonyl (C=O) groups excluding carboxylic acids is 2. The van der Waals surface area contributed by atoms with E-state index in [-0.39, 0.29) is 24.1 Å². The molecule has 0 amide bonds. The lowest BCUT2D eigenvalue weighted by molar-refractivity contribution is -0.0211. The van der Waals surface area contributed by atoms with Crippen molar-refractivity contribution in [3.05, 3.63) is 47.5 Å². The van der Waals surface area contributed by atoms with E-state index in [1.807, 2.05) is 0 Å². The second kappa shape index (κ2) is 13.2. The average Bonchev–Trinajstić information content (AvgIpc) is 3.43. The van der Waals surface area contributed by atoms with E-state index in [9.17, 15) is 9.59 Å². The number of ether oxygens (including phenoxy) is 6. The fourth-order valence-electron chi connectivity index (χ4n) is 7.97. The second-order valence-electron chi connectivity index (χ2n) is 12.4. The van der Waals surface area contributed by atoms with E-state index in [0.717, 1.165) is 64.5 Å². The molecule has 6 atom stereocenters. The van der Waals surface area contributed by atoms with Crippen molar-refractivity contribution in [3.63, 3.8) is 0 Å². The maximum absolute atomic E-state index is 13.0. The molecule has 2 unspecified atom stereocenters. The monoisotopic (exact) mass is 608 g/mol. The summed E-state index contributed by atoms with van der Waals surface area (Å²) < 4.78 is 33.3. The summed E-state index contributed by atoms with van der Waals surface area (Å²) in [5.74, 6) is 1.59. The minimum atomic E-state index is -0.310. The van der Waals surface area contributed by atoms with E-state index in [2.05, 4.69) is 9.80 Å². The molecule has 10 heteroatoms. The van der Waals surface area contributed by atoms with Crippen LogP contribution in [0.1, 0.15) is 72.1 Å². The molecule has 0 saturated carbocycles. The Bertz CT molecular complexity index is 1220. The van der Waals surface area contributed by atoms with E-state index in [1.54, 1.807) is 64.8 Å². The first-order valence-corrected chi connectivity index (χ1v) is 15.8. The molecule has 4 aliphatic rings. The first-order chi connectivity index (χ1) is 21.4. The third-order valence-corrected chi connectivity index (χ3v) is 10.1. The number of hydrogen-bond acceptors (Lipinski definition) is 10. The van der Waals surface area contributed by atoms with Crippen LogP contribution >= 0.6 is 0 Å². The van der Waals surface area contributed by atoms with Gasteiger partial charge in [0.2, 0.25) is 0 Å². The molecular formula is C34H44N2O8. The summed E-state index contributed by atoms with van der Waals surface area (Å²) in [5.41, 5.74) is 0.955. The number of carbonyl (C=O) groups is 2. The lowest BCUT2D eigenvalue weighted by atomic mass is 9.98. The predicted molar refractivity (Wildman–Crippen MR) is 163 cm³/mol. The maximum atomic E-state index is 13.0. The van der Waals surface area contributed by atoms with Gasteiger partial charge in [-0.15, -0.1) is 0 Å². The van der Waals surface area contributed by atoms with Crippen LogP contribution in [0, 0.1) is 0 Å². The van der Waals surface area contributed by atoms with Gasteiger partial charge in [0, 0.05) is 62.9 Å². The molecule has 0 N–H and O–H groups in total. The van der Waals surface area contributed by atoms with E-state index in [0.29, 0.717) is 58.3 Å². The lowest BCUT2D eigenvalue weighted by Crippen LogP contribution is -2.52. The van der Waals surface area contributed by atoms with Gasteiger partial charge in [0.05, 0.1) is 39.6 Å². The predicted octanol–water partition coefficient (Wildman–Crippen LogP) is 4.73. The molecule has 4 heterocycles. The van der Waals surface area contributed by atoms with Gasteiger partial charge in [-0.05, 0) is 62.1 Å². The second-order valence-corrected chi connectivity index (χ2v) is 12.4. The van der Waals surface area contributed by atoms with Crippen molar-refractivity contribution < 1.29 is 38.0 Å². The summed E-state index contributed by atoms with van der Waals surface area (Å²) in [7, 11) is 6.27. The van der Waals surface area contributed by atoms with Crippen molar-refractivity contribution in [2.24, 2.45) is 0 Å². The topological polar surface area (TPSA) is 96.0 Å². The smallest absolute Gasteiger partial charge is 0.338 e. The molecule has 4 fully saturated rings. The van der Waals surface area contributed by atoms with Crippen LogP contribution in [0.5, 0.6) is 23.0 Å². The highest BCUT2D eigenvalue weighted by molar-refractivity contribution is 5.91. The van der Waals surface area contributed by atoms with Crippen LogP contribution in [0.3, 0.4) is 0 Å². The molecule has 44 heavy (non-hydrogen) atoms. The van der Waals surface area contributed by atoms with Crippen molar-refractivity contribution in [3.8, 4) is 23.0 Å². The molecule has 0 aromatic heterocycles. The number of hydrogen-bond donors (Lipinski definition) is 0. The molecule has 10 nitrogen and oxygen atoms in total. The Hall–Kier alpha value is -3.50. The van der Waals surface area contributed by atoms with E-state index in [1.165, 1.54) is 0 Å². The summed E-state index contributed by atoms with van der Waals surface area (Å²) in [5, 5.41) is 0. The van der Waals surface area contributed by atoms with Crippen molar-refractivity contribution in [2.75, 3.05) is 41.5 Å². The molecule has 6 rings (SSSR count). The molecular weight excluding hydrogens is 564 g/mol. The molecule has 4 bridgehead atoms. The molecule has 0 radical (unpaired) electrons. The molecule has 0 spiro atoms. The zero-order valence-corrected chi connectivity index (χ0v) is 26.2. The summed E-state index contributed by atoms with van der Waals surface area (Å²) >= 11 is 0. The minimum Gasteiger partial charge on any atom is -0.493 e. The van der Waals surface area contributed by atoms with Gasteiger partial charge in [-0.3, -0.25) is 9.80 Å². The number of rotatable bonds is 11. The molecule has 4 aliphatic heterocycles. The average molecular weight is 609 g/mol. The van der Waals surface area contributed by atoms with Gasteiger partial charge in [-0.25, -0.2) is 9.59 Å². The van der Waals surface area contributed by atoms with E-state index in [4.69, 9.17) is 28.4 Å². The van der Waals surface area contributed by atoms with Gasteiger partial charge in [-0.2, -0.15) is 0 Å². The summed E-state index contributed by atoms with van der Waals surface area (Å²) in [6, 6.07) is 12.0. The SMILES string of the molecule is COc1ccc(C(=O)OC2C[C@H]3CC[C@@H](C2)N3CCN2[C@@H]3CC[C@H]2CC(OC(=O)c2ccc(OC)c(OC)c2)C3)cc1OC. The first kappa shape index (κ1) is 30.5. The quantitative estimate of drug-likeness (QED) is 0.333. The lowest BCUT2D eigenvalue weighted by Gasteiger charge is -2.42. The molecule has 0 aliphatic carbocycles. The maximum Gasteiger partial charge on any atom is 0.338 e. The Morgan fingerprint density at radius 3 is 1.23 bits per heavy atom. The zero-order valence-electron chi connectivity index (χ0n) is 26.2. The molecule has 2 aromatic carbocycles. The Labute approximate surface area is 259 Å². The third-order valence-electron chi connectivity index (χ3n) is 10.1. The fourth-order valence-corrected chi connectivity index (χ4v) is 7.97. The van der Waals surface area contributed by atoms with Crippen molar-refractivity contribution in [1.29, 1.82) is 0 Å². The highest BCUT2D eigenvalue weighted by Gasteiger charge is 2.45. The molecule has 238 valence electrons. The Morgan fingerprint density at radius 2 is 0.909 bits per heavy atom. The Kier molecular flexibility index (Phi) is 9.18. The largest absolute Gasteiger partial charge is 0.493 e. The van der Waals surface area contributed by atoms with Crippen molar-refractivity contribution >= 4 is 11.9 Å². The molecule has 2 aromatic rings. The summed E-state index contributed by atoms with van der Waals surface area (Å²) in [4.78, 5) is 31.2. The molecule has 4 saturated heterocycles. The van der Waals surface area contributed by atoms with Crippen LogP contribution < -0.4 is 18.9 Å². The number of benzene rings is 2. The van der Waals surface area contributed by atoms with Gasteiger partial charge < -0.3 is 28.4 Å². The zero-order chi connectivity index (χ0) is 30.8. The highest BCUT2D eigenvalue weighted by atomic mass is 16.6. The van der Waals surface area contributed by atoms with Gasteiger partial charge in [0.25, 0.3) is 0 Å². The van der Waals surface area contributed by atoms with Crippen molar-refractivity contribution in [1.82, 2.24) is 9.80 Å². The number of nitrogens with zero attached hydrogens (tertiary/aromatic N) is 2. The van der Waals surface area contributed by atoms with Gasteiger partial charge in [-0.1, -0.05) is 0 Å². The fraction of sp³-hybridized carbons (Fsp3) is 0.588. The standard InChI is InChI=1S/C34H44N2O8/c1-39-29-11-5-21(15-31(29)41-3)33(37)43-27-17-23-7-8-24(18-27)35(23)13-14-36-25-9-10-26(36)20-28(19-25)44-34(38)22-6-12-30(40-2)32(16-22)42-4/h5-6,11-12,15-16,23-28H,7-10,13-14,17-20H2,1-4H3/t23-,24+,25-,26+,27?,28?. The normalized spacial score (nSPS) is 27.9. The summed E-state index contributed by atoms with van der Waals surface area (Å²) in [6.07, 6.45) is 7.94. The highest BCUT2D eigenvalue weighted by Crippen LogP contribution is 2.40. The number of methoxy groups -OCH3 is 4. The third kappa shape index (κ3) is 6.19. The number of piperidine rings is 2. The van der Waals surface area contributed by atoms with Crippen LogP contribution in [-0.4, -0.2) is 99.6 Å². The van der Waals surface area contributed by atoms with Crippen LogP contribution in [-0.2, 0) is 9.47 Å². The van der Waals surface area contributed by atoms with Gasteiger partial charge in [0.1, 0.15) is 12.2 Å². The number of fused-ring (bicyclic) bond motifs is 4. The summed E-state index contributed by atoms with van der Waals surface area (Å²) in [6.45, 7) is 2.05. The van der Waals surface area contributed by atoms with Gasteiger partial charge in [0.15, 0.2) is 23.0 Å². The Morgan fingerprint density at radius 1 is 0.568 bits per heavy atom. The van der Waals surface area contributed by atoms with Crippen LogP contribution in [0.15, 0.2) is 36.4 Å². The van der Waals surface area contributed by atoms with E-state index >= 15 is 0 Å². The Balaban J connectivity index is 0.990. The van der Waals surface area contributed by atoms with E-state index < -0.39 is 0 Å². The van der Waals surface area contributed by atoms with Crippen LogP contribution in [0.25, 0.3) is 0 Å². The van der Waals surface area contributed by atoms with Crippen LogP contribution in [0.2, 0.25) is 0 Å². The first-order valence-electron chi connectivity index (χ1n) is 15.8.